The van der Waals surface area contributed by atoms with Crippen LogP contribution in [0.5, 0.6) is 5.75 Å². The summed E-state index contributed by atoms with van der Waals surface area (Å²) in [7, 11) is 1.29. The molecular formula is C31H36F3N3O5. The van der Waals surface area contributed by atoms with Gasteiger partial charge >= 0.3 is 11.7 Å². The molecule has 11 heteroatoms. The molecule has 0 unspecified atom stereocenters. The SMILES string of the molecule is COc1cccc(-c2c(C)n(Cc3c(F)cccc3F)c(=O)n(C[C@@H](NCCCC(=O)O)C3CCCCC3)c2=O)c1F. The maximum absolute atomic E-state index is 15.5. The number of carbonyl (C=O) groups is 1. The number of aromatic nitrogens is 2. The van der Waals surface area contributed by atoms with Crippen LogP contribution in [0.4, 0.5) is 13.2 Å². The summed E-state index contributed by atoms with van der Waals surface area (Å²) in [4.78, 5) is 39.0. The third-order valence-corrected chi connectivity index (χ3v) is 8.09. The maximum atomic E-state index is 15.5. The molecule has 0 spiro atoms. The predicted octanol–water partition coefficient (Wildman–Crippen LogP) is 4.86. The van der Waals surface area contributed by atoms with E-state index in [-0.39, 0.29) is 53.1 Å². The van der Waals surface area contributed by atoms with E-state index in [1.807, 2.05) is 0 Å². The molecule has 226 valence electrons. The number of ether oxygens (including phenoxy) is 1. The van der Waals surface area contributed by atoms with E-state index < -0.39 is 41.2 Å². The summed E-state index contributed by atoms with van der Waals surface area (Å²) < 4.78 is 52.1. The van der Waals surface area contributed by atoms with Crippen molar-refractivity contribution in [3.8, 4) is 16.9 Å². The second-order valence-corrected chi connectivity index (χ2v) is 10.7. The van der Waals surface area contributed by atoms with Crippen molar-refractivity contribution in [2.24, 2.45) is 5.92 Å². The zero-order valence-corrected chi connectivity index (χ0v) is 23.8. The number of hydrogen-bond acceptors (Lipinski definition) is 5. The number of nitrogens with zero attached hydrogens (tertiary/aromatic N) is 2. The van der Waals surface area contributed by atoms with E-state index in [1.54, 1.807) is 0 Å². The number of halogens is 3. The average molecular weight is 588 g/mol. The highest BCUT2D eigenvalue weighted by Crippen LogP contribution is 2.30. The Morgan fingerprint density at radius 3 is 2.36 bits per heavy atom. The van der Waals surface area contributed by atoms with E-state index in [2.05, 4.69) is 5.32 Å². The molecule has 0 bridgehead atoms. The van der Waals surface area contributed by atoms with Crippen molar-refractivity contribution in [1.29, 1.82) is 0 Å². The number of carboxylic acid groups (broad SMARTS) is 1. The van der Waals surface area contributed by atoms with Crippen molar-refractivity contribution in [1.82, 2.24) is 14.5 Å². The lowest BCUT2D eigenvalue weighted by atomic mass is 9.83. The number of carboxylic acids is 1. The molecule has 1 fully saturated rings. The Bertz CT molecular complexity index is 1530. The van der Waals surface area contributed by atoms with Gasteiger partial charge in [-0.1, -0.05) is 37.5 Å². The first-order chi connectivity index (χ1) is 20.1. The van der Waals surface area contributed by atoms with Crippen LogP contribution in [0.1, 0.15) is 56.2 Å². The van der Waals surface area contributed by atoms with Gasteiger partial charge in [-0.2, -0.15) is 0 Å². The molecule has 4 rings (SSSR count). The summed E-state index contributed by atoms with van der Waals surface area (Å²) in [5.41, 5.74) is -2.03. The fourth-order valence-corrected chi connectivity index (χ4v) is 5.80. The summed E-state index contributed by atoms with van der Waals surface area (Å²) in [6.45, 7) is 1.22. The number of benzene rings is 2. The van der Waals surface area contributed by atoms with Crippen LogP contribution in [0.15, 0.2) is 46.0 Å². The van der Waals surface area contributed by atoms with Crippen molar-refractivity contribution >= 4 is 5.97 Å². The number of methoxy groups -OCH3 is 1. The molecule has 1 saturated carbocycles. The minimum atomic E-state index is -0.922. The lowest BCUT2D eigenvalue weighted by molar-refractivity contribution is -0.137. The Kier molecular flexibility index (Phi) is 10.3. The van der Waals surface area contributed by atoms with Gasteiger partial charge in [0.05, 0.1) is 19.2 Å². The fourth-order valence-electron chi connectivity index (χ4n) is 5.80. The van der Waals surface area contributed by atoms with E-state index >= 15 is 4.39 Å². The van der Waals surface area contributed by atoms with Gasteiger partial charge in [0.25, 0.3) is 5.56 Å². The topological polar surface area (TPSA) is 103 Å². The highest BCUT2D eigenvalue weighted by Gasteiger charge is 2.28. The Morgan fingerprint density at radius 1 is 1.05 bits per heavy atom. The van der Waals surface area contributed by atoms with Gasteiger partial charge in [-0.05, 0) is 56.8 Å². The molecule has 1 aliphatic carbocycles. The van der Waals surface area contributed by atoms with Gasteiger partial charge in [0.2, 0.25) is 0 Å². The molecule has 2 aromatic carbocycles. The predicted molar refractivity (Wildman–Crippen MR) is 152 cm³/mol. The third-order valence-electron chi connectivity index (χ3n) is 8.09. The molecular weight excluding hydrogens is 551 g/mol. The Balaban J connectivity index is 1.87. The normalized spacial score (nSPS) is 14.6. The first-order valence-electron chi connectivity index (χ1n) is 14.2. The molecule has 42 heavy (non-hydrogen) atoms. The minimum absolute atomic E-state index is 0.0326. The number of aliphatic carboxylic acids is 1. The second-order valence-electron chi connectivity index (χ2n) is 10.7. The van der Waals surface area contributed by atoms with Crippen LogP contribution in [0.3, 0.4) is 0 Å². The van der Waals surface area contributed by atoms with Crippen molar-refractivity contribution in [3.05, 3.63) is 85.9 Å². The van der Waals surface area contributed by atoms with E-state index in [0.717, 1.165) is 53.4 Å². The minimum Gasteiger partial charge on any atom is -0.494 e. The lowest BCUT2D eigenvalue weighted by Crippen LogP contribution is -2.49. The summed E-state index contributed by atoms with van der Waals surface area (Å²) in [5.74, 6) is -3.41. The molecule has 0 radical (unpaired) electrons. The largest absolute Gasteiger partial charge is 0.494 e. The fraction of sp³-hybridized carbons (Fsp3) is 0.452. The van der Waals surface area contributed by atoms with Crippen LogP contribution >= 0.6 is 0 Å². The van der Waals surface area contributed by atoms with Gasteiger partial charge in [-0.15, -0.1) is 0 Å². The van der Waals surface area contributed by atoms with Gasteiger partial charge in [0.1, 0.15) is 11.6 Å². The number of hydrogen-bond donors (Lipinski definition) is 2. The first-order valence-corrected chi connectivity index (χ1v) is 14.2. The standard InChI is InChI=1S/C31H36F3N3O5/c1-19-28(21-11-6-14-26(42-2)29(21)34)30(40)37(31(41)36(19)17-22-23(32)12-7-13-24(22)33)18-25(20-9-4-3-5-10-20)35-16-8-15-27(38)39/h6-7,11-14,20,25,35H,3-5,8-10,15-18H2,1-2H3,(H,38,39)/t25-/m1/s1. The monoisotopic (exact) mass is 587 g/mol. The highest BCUT2D eigenvalue weighted by molar-refractivity contribution is 5.67. The van der Waals surface area contributed by atoms with Crippen LogP contribution in [0, 0.1) is 30.3 Å². The zero-order chi connectivity index (χ0) is 30.4. The molecule has 8 nitrogen and oxygen atoms in total. The summed E-state index contributed by atoms with van der Waals surface area (Å²) in [6, 6.07) is 7.34. The first kappa shape index (κ1) is 31.1. The summed E-state index contributed by atoms with van der Waals surface area (Å²) in [5, 5.41) is 12.4. The summed E-state index contributed by atoms with van der Waals surface area (Å²) in [6.07, 6.45) is 5.10. The highest BCUT2D eigenvalue weighted by atomic mass is 19.1. The molecule has 1 aromatic heterocycles. The molecule has 1 heterocycles. The van der Waals surface area contributed by atoms with Crippen LogP contribution in [0.25, 0.3) is 11.1 Å². The van der Waals surface area contributed by atoms with Gasteiger partial charge < -0.3 is 15.2 Å². The molecule has 0 amide bonds. The Hall–Kier alpha value is -3.86. The Labute approximate surface area is 241 Å². The zero-order valence-electron chi connectivity index (χ0n) is 23.8. The van der Waals surface area contributed by atoms with Crippen LogP contribution in [-0.2, 0) is 17.9 Å². The van der Waals surface area contributed by atoms with Gasteiger partial charge in [-0.3, -0.25) is 18.7 Å². The van der Waals surface area contributed by atoms with Crippen molar-refractivity contribution in [3.63, 3.8) is 0 Å². The lowest BCUT2D eigenvalue weighted by Gasteiger charge is -2.32. The van der Waals surface area contributed by atoms with Gasteiger partial charge in [0, 0.05) is 35.8 Å². The molecule has 0 saturated heterocycles. The van der Waals surface area contributed by atoms with E-state index in [4.69, 9.17) is 9.84 Å². The second kappa shape index (κ2) is 13.9. The number of rotatable bonds is 12. The molecule has 1 aliphatic rings. The molecule has 0 aliphatic heterocycles. The quantitative estimate of drug-likeness (QED) is 0.294. The molecule has 3 aromatic rings. The average Bonchev–Trinajstić information content (AvgIpc) is 2.97. The van der Waals surface area contributed by atoms with Crippen molar-refractivity contribution < 1.29 is 27.8 Å². The van der Waals surface area contributed by atoms with Crippen LogP contribution < -0.4 is 21.3 Å². The smallest absolute Gasteiger partial charge is 0.331 e. The van der Waals surface area contributed by atoms with E-state index in [1.165, 1.54) is 38.3 Å². The third kappa shape index (κ3) is 6.78. The number of nitrogens with one attached hydrogen (secondary N) is 1. The molecule has 1 atom stereocenters. The van der Waals surface area contributed by atoms with Gasteiger partial charge in [-0.25, -0.2) is 18.0 Å². The van der Waals surface area contributed by atoms with Crippen molar-refractivity contribution in [2.75, 3.05) is 13.7 Å². The van der Waals surface area contributed by atoms with Crippen LogP contribution in [0.2, 0.25) is 0 Å². The Morgan fingerprint density at radius 2 is 1.71 bits per heavy atom. The summed E-state index contributed by atoms with van der Waals surface area (Å²) >= 11 is 0. The van der Waals surface area contributed by atoms with Gasteiger partial charge in [0.15, 0.2) is 11.6 Å². The van der Waals surface area contributed by atoms with Crippen molar-refractivity contribution in [2.45, 2.75) is 71.0 Å². The van der Waals surface area contributed by atoms with E-state index in [9.17, 15) is 23.2 Å². The molecule has 2 N–H and O–H groups in total. The maximum Gasteiger partial charge on any atom is 0.331 e. The van der Waals surface area contributed by atoms with Crippen LogP contribution in [-0.4, -0.2) is 39.9 Å². The van der Waals surface area contributed by atoms with E-state index in [0.29, 0.717) is 13.0 Å².